The standard InChI is InChI=1S/C12H18N2O2.ClH/c1-3-16-8-12(15)14-11-6-4-10(5-7-11)9(2)13;/h4-7,9H,3,8,13H2,1-2H3,(H,14,15);1H. The van der Waals surface area contributed by atoms with E-state index in [-0.39, 0.29) is 31.0 Å². The maximum atomic E-state index is 11.3. The first-order chi connectivity index (χ1) is 7.63. The largest absolute Gasteiger partial charge is 0.372 e. The minimum atomic E-state index is -0.143. The minimum absolute atomic E-state index is 0. The molecule has 3 N–H and O–H groups in total. The summed E-state index contributed by atoms with van der Waals surface area (Å²) >= 11 is 0. The van der Waals surface area contributed by atoms with Crippen molar-refractivity contribution in [2.45, 2.75) is 19.9 Å². The lowest BCUT2D eigenvalue weighted by molar-refractivity contribution is -0.120. The molecule has 0 radical (unpaired) electrons. The third kappa shape index (κ3) is 5.68. The van der Waals surface area contributed by atoms with Crippen molar-refractivity contribution in [2.75, 3.05) is 18.5 Å². The van der Waals surface area contributed by atoms with Crippen LogP contribution >= 0.6 is 12.4 Å². The molecule has 0 saturated carbocycles. The predicted molar refractivity (Wildman–Crippen MR) is 71.4 cm³/mol. The highest BCUT2D eigenvalue weighted by molar-refractivity contribution is 5.91. The smallest absolute Gasteiger partial charge is 0.250 e. The van der Waals surface area contributed by atoms with E-state index in [1.807, 2.05) is 38.1 Å². The van der Waals surface area contributed by atoms with Crippen LogP contribution in [0, 0.1) is 0 Å². The first-order valence-corrected chi connectivity index (χ1v) is 5.36. The Morgan fingerprint density at radius 2 is 2.00 bits per heavy atom. The van der Waals surface area contributed by atoms with Crippen molar-refractivity contribution >= 4 is 24.0 Å². The molecule has 0 spiro atoms. The van der Waals surface area contributed by atoms with Gasteiger partial charge in [0, 0.05) is 18.3 Å². The van der Waals surface area contributed by atoms with E-state index in [0.717, 1.165) is 11.3 Å². The third-order valence-electron chi connectivity index (χ3n) is 2.16. The van der Waals surface area contributed by atoms with E-state index in [1.165, 1.54) is 0 Å². The van der Waals surface area contributed by atoms with Crippen molar-refractivity contribution in [3.8, 4) is 0 Å². The number of hydrogen-bond acceptors (Lipinski definition) is 3. The van der Waals surface area contributed by atoms with Crippen LogP contribution in [0.25, 0.3) is 0 Å². The summed E-state index contributed by atoms with van der Waals surface area (Å²) in [6, 6.07) is 7.49. The number of nitrogens with one attached hydrogen (secondary N) is 1. The van der Waals surface area contributed by atoms with Crippen LogP contribution in [0.2, 0.25) is 0 Å². The van der Waals surface area contributed by atoms with Crippen LogP contribution in [0.4, 0.5) is 5.69 Å². The number of ether oxygens (including phenoxy) is 1. The van der Waals surface area contributed by atoms with Crippen LogP contribution < -0.4 is 11.1 Å². The second-order valence-corrected chi connectivity index (χ2v) is 3.60. The fourth-order valence-corrected chi connectivity index (χ4v) is 1.26. The van der Waals surface area contributed by atoms with E-state index in [2.05, 4.69) is 5.32 Å². The Morgan fingerprint density at radius 3 is 2.47 bits per heavy atom. The van der Waals surface area contributed by atoms with E-state index in [4.69, 9.17) is 10.5 Å². The number of nitrogens with two attached hydrogens (primary N) is 1. The number of halogens is 1. The number of carbonyl (C=O) groups is 1. The van der Waals surface area contributed by atoms with Gasteiger partial charge in [-0.2, -0.15) is 0 Å². The summed E-state index contributed by atoms with van der Waals surface area (Å²) in [5.74, 6) is -0.143. The topological polar surface area (TPSA) is 64.3 Å². The lowest BCUT2D eigenvalue weighted by Gasteiger charge is -2.08. The third-order valence-corrected chi connectivity index (χ3v) is 2.16. The summed E-state index contributed by atoms with van der Waals surface area (Å²) in [5, 5.41) is 2.74. The number of carbonyl (C=O) groups excluding carboxylic acids is 1. The molecule has 0 bridgehead atoms. The molecular weight excluding hydrogens is 240 g/mol. The van der Waals surface area contributed by atoms with Crippen molar-refractivity contribution in [1.29, 1.82) is 0 Å². The van der Waals surface area contributed by atoms with Crippen molar-refractivity contribution in [3.05, 3.63) is 29.8 Å². The Bertz CT molecular complexity index is 339. The van der Waals surface area contributed by atoms with Gasteiger partial charge in [0.15, 0.2) is 0 Å². The van der Waals surface area contributed by atoms with Gasteiger partial charge in [-0.25, -0.2) is 0 Å². The molecule has 0 aliphatic heterocycles. The zero-order chi connectivity index (χ0) is 12.0. The first kappa shape index (κ1) is 15.9. The van der Waals surface area contributed by atoms with Crippen LogP contribution in [-0.4, -0.2) is 19.1 Å². The Kier molecular flexibility index (Phi) is 7.54. The quantitative estimate of drug-likeness (QED) is 0.850. The van der Waals surface area contributed by atoms with Crippen molar-refractivity contribution in [1.82, 2.24) is 0 Å². The van der Waals surface area contributed by atoms with Gasteiger partial charge < -0.3 is 15.8 Å². The molecule has 0 aromatic heterocycles. The van der Waals surface area contributed by atoms with Crippen molar-refractivity contribution in [2.24, 2.45) is 5.73 Å². The summed E-state index contributed by atoms with van der Waals surface area (Å²) in [5.41, 5.74) is 7.53. The Hall–Kier alpha value is -1.10. The molecule has 1 aromatic rings. The average molecular weight is 259 g/mol. The molecule has 0 aliphatic rings. The molecule has 1 atom stereocenters. The van der Waals surface area contributed by atoms with E-state index in [0.29, 0.717) is 6.61 Å². The van der Waals surface area contributed by atoms with Gasteiger partial charge in [0.05, 0.1) is 0 Å². The molecule has 5 heteroatoms. The highest BCUT2D eigenvalue weighted by Crippen LogP contribution is 2.13. The molecule has 0 fully saturated rings. The molecule has 1 unspecified atom stereocenters. The maximum absolute atomic E-state index is 11.3. The second kappa shape index (κ2) is 8.06. The number of anilines is 1. The summed E-state index contributed by atoms with van der Waals surface area (Å²) in [7, 11) is 0. The zero-order valence-electron chi connectivity index (χ0n) is 10.1. The Balaban J connectivity index is 0.00000256. The van der Waals surface area contributed by atoms with Crippen molar-refractivity contribution in [3.63, 3.8) is 0 Å². The maximum Gasteiger partial charge on any atom is 0.250 e. The fraction of sp³-hybridized carbons (Fsp3) is 0.417. The van der Waals surface area contributed by atoms with Gasteiger partial charge in [-0.1, -0.05) is 12.1 Å². The molecule has 0 aliphatic carbocycles. The summed E-state index contributed by atoms with van der Waals surface area (Å²) in [4.78, 5) is 11.3. The normalized spacial score (nSPS) is 11.5. The minimum Gasteiger partial charge on any atom is -0.372 e. The lowest BCUT2D eigenvalue weighted by Crippen LogP contribution is -2.18. The number of amides is 1. The molecule has 1 amide bonds. The SMILES string of the molecule is CCOCC(=O)Nc1ccc(C(C)N)cc1.Cl. The van der Waals surface area contributed by atoms with Gasteiger partial charge in [0.1, 0.15) is 6.61 Å². The van der Waals surface area contributed by atoms with Crippen molar-refractivity contribution < 1.29 is 9.53 Å². The van der Waals surface area contributed by atoms with E-state index in [9.17, 15) is 4.79 Å². The number of rotatable bonds is 5. The number of benzene rings is 1. The van der Waals surface area contributed by atoms with E-state index >= 15 is 0 Å². The summed E-state index contributed by atoms with van der Waals surface area (Å²) < 4.78 is 5.00. The molecule has 4 nitrogen and oxygen atoms in total. The second-order valence-electron chi connectivity index (χ2n) is 3.60. The summed E-state index contributed by atoms with van der Waals surface area (Å²) in [6.07, 6.45) is 0. The fourth-order valence-electron chi connectivity index (χ4n) is 1.26. The predicted octanol–water partition coefficient (Wildman–Crippen LogP) is 2.10. The summed E-state index contributed by atoms with van der Waals surface area (Å²) in [6.45, 7) is 4.40. The van der Waals surface area contributed by atoms with Gasteiger partial charge in [0.2, 0.25) is 5.91 Å². The Labute approximate surface area is 108 Å². The van der Waals surface area contributed by atoms with Crippen LogP contribution in [0.1, 0.15) is 25.5 Å². The Morgan fingerprint density at radius 1 is 1.41 bits per heavy atom. The van der Waals surface area contributed by atoms with Crippen LogP contribution in [0.3, 0.4) is 0 Å². The van der Waals surface area contributed by atoms with E-state index in [1.54, 1.807) is 0 Å². The monoisotopic (exact) mass is 258 g/mol. The zero-order valence-corrected chi connectivity index (χ0v) is 10.9. The van der Waals surface area contributed by atoms with E-state index < -0.39 is 0 Å². The van der Waals surface area contributed by atoms with Crippen LogP contribution in [0.15, 0.2) is 24.3 Å². The lowest BCUT2D eigenvalue weighted by atomic mass is 10.1. The molecule has 1 rings (SSSR count). The molecule has 17 heavy (non-hydrogen) atoms. The van der Waals surface area contributed by atoms with Gasteiger partial charge in [-0.3, -0.25) is 4.79 Å². The average Bonchev–Trinajstić information content (AvgIpc) is 2.27. The van der Waals surface area contributed by atoms with Gasteiger partial charge >= 0.3 is 0 Å². The molecular formula is C12H19ClN2O2. The molecule has 0 saturated heterocycles. The number of hydrogen-bond donors (Lipinski definition) is 2. The van der Waals surface area contributed by atoms with Crippen LogP contribution in [-0.2, 0) is 9.53 Å². The van der Waals surface area contributed by atoms with Gasteiger partial charge in [-0.05, 0) is 31.5 Å². The molecule has 96 valence electrons. The highest BCUT2D eigenvalue weighted by Gasteiger charge is 2.03. The molecule has 0 heterocycles. The van der Waals surface area contributed by atoms with Gasteiger partial charge in [-0.15, -0.1) is 12.4 Å². The van der Waals surface area contributed by atoms with Gasteiger partial charge in [0.25, 0.3) is 0 Å². The highest BCUT2D eigenvalue weighted by atomic mass is 35.5. The van der Waals surface area contributed by atoms with Crippen LogP contribution in [0.5, 0.6) is 0 Å². The first-order valence-electron chi connectivity index (χ1n) is 5.36. The molecule has 1 aromatic carbocycles.